The molecule has 19 heavy (non-hydrogen) atoms. The maximum Gasteiger partial charge on any atom is 0.411 e. The molecular formula is C12H20FNO5. The van der Waals surface area contributed by atoms with Crippen LogP contribution in [0, 0.1) is 0 Å². The van der Waals surface area contributed by atoms with Crippen molar-refractivity contribution in [1.82, 2.24) is 4.90 Å². The van der Waals surface area contributed by atoms with Gasteiger partial charge in [0, 0.05) is 6.42 Å². The van der Waals surface area contributed by atoms with Crippen LogP contribution in [0.25, 0.3) is 0 Å². The van der Waals surface area contributed by atoms with Crippen LogP contribution in [-0.4, -0.2) is 59.6 Å². The van der Waals surface area contributed by atoms with Gasteiger partial charge in [-0.05, 0) is 20.8 Å². The first-order valence-corrected chi connectivity index (χ1v) is 6.14. The number of hydrogen-bond acceptors (Lipinski definition) is 4. The van der Waals surface area contributed by atoms with E-state index in [1.54, 1.807) is 20.8 Å². The lowest BCUT2D eigenvalue weighted by Crippen LogP contribution is -2.43. The molecule has 1 fully saturated rings. The van der Waals surface area contributed by atoms with Gasteiger partial charge >= 0.3 is 12.1 Å². The molecule has 0 radical (unpaired) electrons. The van der Waals surface area contributed by atoms with Crippen LogP contribution < -0.4 is 0 Å². The van der Waals surface area contributed by atoms with E-state index in [4.69, 9.17) is 14.6 Å². The second-order valence-corrected chi connectivity index (χ2v) is 5.40. The summed E-state index contributed by atoms with van der Waals surface area (Å²) in [6.07, 6.45) is -1.01. The summed E-state index contributed by atoms with van der Waals surface area (Å²) in [4.78, 5) is 24.1. The van der Waals surface area contributed by atoms with Crippen LogP contribution in [0.3, 0.4) is 0 Å². The summed E-state index contributed by atoms with van der Waals surface area (Å²) < 4.78 is 22.3. The molecule has 0 aromatic heterocycles. The Morgan fingerprint density at radius 2 is 2.05 bits per heavy atom. The Labute approximate surface area is 111 Å². The summed E-state index contributed by atoms with van der Waals surface area (Å²) in [5.41, 5.74) is -0.696. The van der Waals surface area contributed by atoms with Crippen molar-refractivity contribution in [1.29, 1.82) is 0 Å². The Morgan fingerprint density at radius 3 is 2.53 bits per heavy atom. The number of aliphatic carboxylic acids is 1. The summed E-state index contributed by atoms with van der Waals surface area (Å²) in [6, 6.07) is -0.987. The standard InChI is InChI=1S/C12H20FNO5/c1-12(2,3)19-11(17)14-7-8(18-5-4-13)6-9(14)10(15)16/h8-9H,4-7H2,1-3H3,(H,15,16). The molecule has 1 aliphatic heterocycles. The quantitative estimate of drug-likeness (QED) is 0.841. The van der Waals surface area contributed by atoms with Gasteiger partial charge in [-0.2, -0.15) is 0 Å². The van der Waals surface area contributed by atoms with Crippen molar-refractivity contribution in [3.63, 3.8) is 0 Å². The number of nitrogens with zero attached hydrogens (tertiary/aromatic N) is 1. The molecule has 0 saturated carbocycles. The Balaban J connectivity index is 2.68. The van der Waals surface area contributed by atoms with E-state index >= 15 is 0 Å². The number of carbonyl (C=O) groups excluding carboxylic acids is 1. The summed E-state index contributed by atoms with van der Waals surface area (Å²) >= 11 is 0. The van der Waals surface area contributed by atoms with E-state index in [1.807, 2.05) is 0 Å². The van der Waals surface area contributed by atoms with E-state index in [9.17, 15) is 14.0 Å². The zero-order chi connectivity index (χ0) is 14.6. The first kappa shape index (κ1) is 15.7. The highest BCUT2D eigenvalue weighted by molar-refractivity contribution is 5.81. The number of hydrogen-bond donors (Lipinski definition) is 1. The molecule has 0 spiro atoms. The predicted molar refractivity (Wildman–Crippen MR) is 64.7 cm³/mol. The van der Waals surface area contributed by atoms with Gasteiger partial charge < -0.3 is 14.6 Å². The van der Waals surface area contributed by atoms with Crippen LogP contribution in [0.4, 0.5) is 9.18 Å². The highest BCUT2D eigenvalue weighted by atomic mass is 19.1. The number of amides is 1. The zero-order valence-electron chi connectivity index (χ0n) is 11.4. The molecule has 7 heteroatoms. The number of carboxylic acids is 1. The first-order valence-electron chi connectivity index (χ1n) is 6.14. The molecule has 110 valence electrons. The minimum Gasteiger partial charge on any atom is -0.480 e. The second-order valence-electron chi connectivity index (χ2n) is 5.40. The van der Waals surface area contributed by atoms with Crippen molar-refractivity contribution < 1.29 is 28.6 Å². The van der Waals surface area contributed by atoms with Gasteiger partial charge in [-0.1, -0.05) is 0 Å². The SMILES string of the molecule is CC(C)(C)OC(=O)N1CC(OCCF)CC1C(=O)O. The van der Waals surface area contributed by atoms with Crippen molar-refractivity contribution in [2.75, 3.05) is 19.8 Å². The van der Waals surface area contributed by atoms with E-state index in [0.29, 0.717) is 0 Å². The monoisotopic (exact) mass is 277 g/mol. The predicted octanol–water partition coefficient (Wildman–Crippen LogP) is 1.44. The minimum absolute atomic E-state index is 0.0981. The highest BCUT2D eigenvalue weighted by Gasteiger charge is 2.41. The fourth-order valence-electron chi connectivity index (χ4n) is 1.89. The van der Waals surface area contributed by atoms with Crippen LogP contribution in [-0.2, 0) is 14.3 Å². The fourth-order valence-corrected chi connectivity index (χ4v) is 1.89. The number of rotatable bonds is 4. The average Bonchev–Trinajstić information content (AvgIpc) is 2.68. The van der Waals surface area contributed by atoms with Gasteiger partial charge in [0.05, 0.1) is 19.3 Å². The molecule has 1 N–H and O–H groups in total. The molecule has 1 aliphatic rings. The molecule has 0 aromatic rings. The number of ether oxygens (including phenoxy) is 2. The zero-order valence-corrected chi connectivity index (χ0v) is 11.4. The largest absolute Gasteiger partial charge is 0.480 e. The second kappa shape index (κ2) is 6.18. The van der Waals surface area contributed by atoms with Gasteiger partial charge in [-0.15, -0.1) is 0 Å². The van der Waals surface area contributed by atoms with Gasteiger partial charge in [0.15, 0.2) is 0 Å². The number of halogens is 1. The van der Waals surface area contributed by atoms with Crippen molar-refractivity contribution in [2.24, 2.45) is 0 Å². The van der Waals surface area contributed by atoms with Crippen LogP contribution >= 0.6 is 0 Å². The van der Waals surface area contributed by atoms with E-state index in [0.717, 1.165) is 4.90 Å². The van der Waals surface area contributed by atoms with E-state index < -0.39 is 36.5 Å². The summed E-state index contributed by atoms with van der Waals surface area (Å²) in [7, 11) is 0. The molecule has 1 rings (SSSR count). The van der Waals surface area contributed by atoms with E-state index in [1.165, 1.54) is 0 Å². The Hall–Kier alpha value is -1.37. The van der Waals surface area contributed by atoms with Crippen molar-refractivity contribution in [2.45, 2.75) is 44.9 Å². The molecular weight excluding hydrogens is 257 g/mol. The Morgan fingerprint density at radius 1 is 1.42 bits per heavy atom. The molecule has 1 amide bonds. The third kappa shape index (κ3) is 4.66. The fraction of sp³-hybridized carbons (Fsp3) is 0.833. The van der Waals surface area contributed by atoms with Gasteiger partial charge in [0.25, 0.3) is 0 Å². The number of carboxylic acid groups (broad SMARTS) is 1. The number of carbonyl (C=O) groups is 2. The molecule has 0 aliphatic carbocycles. The molecule has 1 saturated heterocycles. The molecule has 2 unspecified atom stereocenters. The third-order valence-electron chi connectivity index (χ3n) is 2.61. The third-order valence-corrected chi connectivity index (χ3v) is 2.61. The van der Waals surface area contributed by atoms with Gasteiger partial charge in [0.1, 0.15) is 18.3 Å². The smallest absolute Gasteiger partial charge is 0.411 e. The maximum absolute atomic E-state index is 12.0. The van der Waals surface area contributed by atoms with Crippen molar-refractivity contribution in [3.05, 3.63) is 0 Å². The highest BCUT2D eigenvalue weighted by Crippen LogP contribution is 2.23. The Bertz CT molecular complexity index is 342. The topological polar surface area (TPSA) is 76.1 Å². The van der Waals surface area contributed by atoms with Gasteiger partial charge in [-0.3, -0.25) is 4.90 Å². The summed E-state index contributed by atoms with van der Waals surface area (Å²) in [5, 5.41) is 9.09. The van der Waals surface area contributed by atoms with Crippen LogP contribution in [0.2, 0.25) is 0 Å². The normalized spacial score (nSPS) is 23.5. The van der Waals surface area contributed by atoms with Crippen LogP contribution in [0.1, 0.15) is 27.2 Å². The lowest BCUT2D eigenvalue weighted by atomic mass is 10.2. The van der Waals surface area contributed by atoms with Crippen molar-refractivity contribution >= 4 is 12.1 Å². The molecule has 0 aromatic carbocycles. The Kier molecular flexibility index (Phi) is 5.11. The molecule has 0 bridgehead atoms. The van der Waals surface area contributed by atoms with E-state index in [-0.39, 0.29) is 19.6 Å². The van der Waals surface area contributed by atoms with Crippen molar-refractivity contribution in [3.8, 4) is 0 Å². The van der Waals surface area contributed by atoms with Gasteiger partial charge in [0.2, 0.25) is 0 Å². The average molecular weight is 277 g/mol. The molecule has 2 atom stereocenters. The van der Waals surface area contributed by atoms with Gasteiger partial charge in [-0.25, -0.2) is 14.0 Å². The maximum atomic E-state index is 12.0. The van der Waals surface area contributed by atoms with Crippen LogP contribution in [0.5, 0.6) is 0 Å². The minimum atomic E-state index is -1.11. The molecule has 6 nitrogen and oxygen atoms in total. The first-order chi connectivity index (χ1) is 8.74. The molecule has 1 heterocycles. The van der Waals surface area contributed by atoms with E-state index in [2.05, 4.69) is 0 Å². The number of alkyl halides is 1. The lowest BCUT2D eigenvalue weighted by molar-refractivity contribution is -0.142. The number of likely N-dealkylation sites (tertiary alicyclic amines) is 1. The summed E-state index contributed by atoms with van der Waals surface area (Å²) in [5.74, 6) is -1.11. The summed E-state index contributed by atoms with van der Waals surface area (Å²) in [6.45, 7) is 4.47. The van der Waals surface area contributed by atoms with Crippen LogP contribution in [0.15, 0.2) is 0 Å². The lowest BCUT2D eigenvalue weighted by Gasteiger charge is -2.26.